The summed E-state index contributed by atoms with van der Waals surface area (Å²) in [6.45, 7) is 2.88. The van der Waals surface area contributed by atoms with Crippen LogP contribution < -0.4 is 9.86 Å². The third-order valence-electron chi connectivity index (χ3n) is 5.44. The molecule has 0 amide bonds. The van der Waals surface area contributed by atoms with E-state index >= 15 is 0 Å². The van der Waals surface area contributed by atoms with Crippen LogP contribution in [0.15, 0.2) is 33.7 Å². The molecule has 3 aromatic rings. The Morgan fingerprint density at radius 1 is 1.28 bits per heavy atom. The first-order valence-electron chi connectivity index (χ1n) is 9.92. The van der Waals surface area contributed by atoms with Crippen molar-refractivity contribution in [2.24, 2.45) is 7.05 Å². The van der Waals surface area contributed by atoms with Gasteiger partial charge in [0, 0.05) is 19.2 Å². The van der Waals surface area contributed by atoms with Crippen molar-refractivity contribution in [3.8, 4) is 0 Å². The zero-order chi connectivity index (χ0) is 23.2. The number of carbonyl (C=O) groups is 2. The summed E-state index contributed by atoms with van der Waals surface area (Å²) in [6, 6.07) is 4.72. The highest BCUT2D eigenvalue weighted by Crippen LogP contribution is 2.31. The first kappa shape index (κ1) is 21.8. The number of nitrogens with zero attached hydrogens (tertiary/aromatic N) is 3. The number of aromatic nitrogens is 2. The normalized spacial score (nSPS) is 13.4. The van der Waals surface area contributed by atoms with Gasteiger partial charge in [0.25, 0.3) is 5.56 Å². The maximum Gasteiger partial charge on any atom is 0.343 e. The van der Waals surface area contributed by atoms with Crippen LogP contribution in [0.5, 0.6) is 0 Å². The fourth-order valence-electron chi connectivity index (χ4n) is 3.71. The molecule has 1 aliphatic heterocycles. The summed E-state index contributed by atoms with van der Waals surface area (Å²) >= 11 is 0. The van der Waals surface area contributed by atoms with E-state index in [1.165, 1.54) is 35.2 Å². The van der Waals surface area contributed by atoms with Crippen molar-refractivity contribution in [1.29, 1.82) is 0 Å². The Bertz CT molecular complexity index is 1420. The van der Waals surface area contributed by atoms with Crippen LogP contribution in [0, 0.1) is 6.92 Å². The average molecular weight is 459 g/mol. The van der Waals surface area contributed by atoms with Crippen LogP contribution in [0.2, 0.25) is 0 Å². The van der Waals surface area contributed by atoms with Crippen molar-refractivity contribution in [1.82, 2.24) is 9.55 Å². The molecule has 0 atom stereocenters. The summed E-state index contributed by atoms with van der Waals surface area (Å²) in [5.74, 6) is -1.15. The van der Waals surface area contributed by atoms with E-state index < -0.39 is 33.9 Å². The number of ketones is 1. The molecular formula is C21H21N3O7S. The van der Waals surface area contributed by atoms with Gasteiger partial charge >= 0.3 is 5.97 Å². The van der Waals surface area contributed by atoms with Gasteiger partial charge in [-0.15, -0.1) is 0 Å². The number of furan rings is 1. The van der Waals surface area contributed by atoms with Crippen LogP contribution >= 0.6 is 0 Å². The predicted molar refractivity (Wildman–Crippen MR) is 116 cm³/mol. The van der Waals surface area contributed by atoms with E-state index in [0.717, 1.165) is 5.56 Å². The Labute approximate surface area is 183 Å². The van der Waals surface area contributed by atoms with Crippen LogP contribution in [0.1, 0.15) is 39.0 Å². The minimum absolute atomic E-state index is 0.000274. The molecule has 0 fully saturated rings. The monoisotopic (exact) mass is 459 g/mol. The summed E-state index contributed by atoms with van der Waals surface area (Å²) < 4.78 is 37.5. The molecule has 11 heteroatoms. The molecule has 0 saturated carbocycles. The van der Waals surface area contributed by atoms with Gasteiger partial charge in [0.05, 0.1) is 11.4 Å². The summed E-state index contributed by atoms with van der Waals surface area (Å²) in [6.07, 6.45) is 1.78. The average Bonchev–Trinajstić information content (AvgIpc) is 3.35. The van der Waals surface area contributed by atoms with Gasteiger partial charge in [-0.05, 0) is 44.0 Å². The lowest BCUT2D eigenvalue weighted by Gasteiger charge is -2.18. The van der Waals surface area contributed by atoms with E-state index in [0.29, 0.717) is 24.2 Å². The van der Waals surface area contributed by atoms with E-state index in [2.05, 4.69) is 4.98 Å². The second-order valence-corrected chi connectivity index (χ2v) is 9.62. The lowest BCUT2D eigenvalue weighted by Crippen LogP contribution is -2.30. The number of Topliss-reactive ketones (excluding diaryl/α,β-unsaturated/α-hetero) is 1. The van der Waals surface area contributed by atoms with Gasteiger partial charge in [0.1, 0.15) is 23.0 Å². The first-order chi connectivity index (χ1) is 15.1. The maximum absolute atomic E-state index is 12.6. The van der Waals surface area contributed by atoms with Gasteiger partial charge in [-0.25, -0.2) is 18.2 Å². The predicted octanol–water partition coefficient (Wildman–Crippen LogP) is 1.59. The number of esters is 1. The number of aryl methyl sites for hydroxylation is 2. The quantitative estimate of drug-likeness (QED) is 0.401. The number of carbonyl (C=O) groups excluding carboxylic acids is 2. The Hall–Kier alpha value is -3.47. The fraction of sp³-hybridized carbons (Fsp3) is 0.333. The van der Waals surface area contributed by atoms with Crippen LogP contribution in [0.4, 0.5) is 5.69 Å². The minimum atomic E-state index is -3.38. The van der Waals surface area contributed by atoms with Crippen LogP contribution in [-0.4, -0.2) is 48.6 Å². The molecule has 0 saturated heterocycles. The van der Waals surface area contributed by atoms with Gasteiger partial charge in [0.15, 0.2) is 12.4 Å². The first-order valence-corrected chi connectivity index (χ1v) is 11.5. The molecule has 0 radical (unpaired) electrons. The lowest BCUT2D eigenvalue weighted by molar-refractivity contribution is 0.0474. The third kappa shape index (κ3) is 3.58. The van der Waals surface area contributed by atoms with Crippen LogP contribution in [0.3, 0.4) is 0 Å². The van der Waals surface area contributed by atoms with E-state index in [1.54, 1.807) is 19.1 Å². The highest BCUT2D eigenvalue weighted by atomic mass is 32.2. The molecule has 3 heterocycles. The molecule has 4 rings (SSSR count). The van der Waals surface area contributed by atoms with Gasteiger partial charge in [-0.3, -0.25) is 13.9 Å². The van der Waals surface area contributed by atoms with Gasteiger partial charge in [-0.1, -0.05) is 0 Å². The number of ether oxygens (including phenoxy) is 1. The molecule has 2 aromatic heterocycles. The van der Waals surface area contributed by atoms with Crippen molar-refractivity contribution in [3.63, 3.8) is 0 Å². The van der Waals surface area contributed by atoms with Crippen molar-refractivity contribution in [2.75, 3.05) is 23.2 Å². The van der Waals surface area contributed by atoms with Gasteiger partial charge in [-0.2, -0.15) is 0 Å². The number of rotatable bonds is 6. The van der Waals surface area contributed by atoms with Crippen molar-refractivity contribution in [2.45, 2.75) is 20.3 Å². The molecule has 0 bridgehead atoms. The van der Waals surface area contributed by atoms with E-state index in [1.807, 2.05) is 0 Å². The molecule has 1 aliphatic rings. The third-order valence-corrected chi connectivity index (χ3v) is 7.22. The Morgan fingerprint density at radius 2 is 2.03 bits per heavy atom. The number of benzene rings is 1. The summed E-state index contributed by atoms with van der Waals surface area (Å²) in [5.41, 5.74) is 1.11. The number of hydrogen-bond donors (Lipinski definition) is 0. The smallest absolute Gasteiger partial charge is 0.343 e. The molecule has 0 N–H and O–H groups in total. The minimum Gasteiger partial charge on any atom is -0.454 e. The summed E-state index contributed by atoms with van der Waals surface area (Å²) in [5, 5.41) is -0.000274. The lowest BCUT2D eigenvalue weighted by atomic mass is 10.1. The van der Waals surface area contributed by atoms with E-state index in [-0.39, 0.29) is 28.2 Å². The molecule has 168 valence electrons. The summed E-state index contributed by atoms with van der Waals surface area (Å²) in [7, 11) is -1.89. The second-order valence-electron chi connectivity index (χ2n) is 7.44. The molecule has 0 aliphatic carbocycles. The van der Waals surface area contributed by atoms with E-state index in [9.17, 15) is 22.8 Å². The number of fused-ring (bicyclic) bond motifs is 2. The van der Waals surface area contributed by atoms with Crippen LogP contribution in [-0.2, 0) is 28.2 Å². The molecule has 0 unspecified atom stereocenters. The molecular weight excluding hydrogens is 438 g/mol. The van der Waals surface area contributed by atoms with E-state index in [4.69, 9.17) is 9.15 Å². The number of anilines is 1. The zero-order valence-corrected chi connectivity index (χ0v) is 18.6. The van der Waals surface area contributed by atoms with Crippen LogP contribution in [0.25, 0.3) is 11.1 Å². The molecule has 32 heavy (non-hydrogen) atoms. The Kier molecular flexibility index (Phi) is 5.37. The summed E-state index contributed by atoms with van der Waals surface area (Å²) in [4.78, 5) is 41.6. The topological polar surface area (TPSA) is 129 Å². The van der Waals surface area contributed by atoms with Crippen molar-refractivity contribution in [3.05, 3.63) is 57.3 Å². The van der Waals surface area contributed by atoms with Crippen molar-refractivity contribution < 1.29 is 27.2 Å². The van der Waals surface area contributed by atoms with Gasteiger partial charge < -0.3 is 13.7 Å². The maximum atomic E-state index is 12.6. The Balaban J connectivity index is 1.53. The number of sulfonamides is 1. The molecule has 0 spiro atoms. The highest BCUT2D eigenvalue weighted by molar-refractivity contribution is 7.92. The van der Waals surface area contributed by atoms with Crippen molar-refractivity contribution >= 4 is 38.6 Å². The number of hydrogen-bond acceptors (Lipinski definition) is 8. The fourth-order valence-corrected chi connectivity index (χ4v) is 4.87. The Morgan fingerprint density at radius 3 is 2.75 bits per heavy atom. The molecule has 10 nitrogen and oxygen atoms in total. The van der Waals surface area contributed by atoms with Gasteiger partial charge in [0.2, 0.25) is 15.7 Å². The second kappa shape index (κ2) is 7.90. The largest absolute Gasteiger partial charge is 0.454 e. The molecule has 1 aromatic carbocycles. The zero-order valence-electron chi connectivity index (χ0n) is 17.7. The highest BCUT2D eigenvalue weighted by Gasteiger charge is 2.29. The SMILES string of the molecule is CCS(=O)(=O)N1CCc2cc(C(=O)COC(=O)c3c(C)oc4ncn(C)c(=O)c34)ccc21. The standard InChI is InChI=1S/C21H21N3O7S/c1-4-32(28,29)24-8-7-13-9-14(5-6-15(13)24)16(25)10-30-21(27)17-12(2)31-19-18(17)20(26)23(3)11-22-19/h5-6,9,11H,4,7-8,10H2,1-3H3.